The van der Waals surface area contributed by atoms with Gasteiger partial charge in [-0.3, -0.25) is 5.32 Å². The zero-order valence-corrected chi connectivity index (χ0v) is 11.5. The first-order valence-electron chi connectivity index (χ1n) is 6.28. The van der Waals surface area contributed by atoms with Gasteiger partial charge in [0.05, 0.1) is 0 Å². The number of aryl methyl sites for hydroxylation is 1. The fourth-order valence-electron chi connectivity index (χ4n) is 1.72. The van der Waals surface area contributed by atoms with Gasteiger partial charge in [-0.1, -0.05) is 19.0 Å². The minimum atomic E-state index is -0.261. The fraction of sp³-hybridized carbons (Fsp3) is 0.667. The molecule has 1 atom stereocenters. The molecule has 2 amide bonds. The quantitative estimate of drug-likeness (QED) is 0.812. The largest absolute Gasteiger partial charge is 0.360 e. The van der Waals surface area contributed by atoms with Crippen LogP contribution in [0.3, 0.4) is 0 Å². The van der Waals surface area contributed by atoms with Gasteiger partial charge in [-0.2, -0.15) is 0 Å². The predicted molar refractivity (Wildman–Crippen MR) is 70.6 cm³/mol. The SMILES string of the molecule is CCN(CC)C[C@H](C)NC(=O)Nc1cc(C)on1. The molecular weight excluding hydrogens is 232 g/mol. The molecule has 0 bridgehead atoms. The lowest BCUT2D eigenvalue weighted by molar-refractivity contribution is 0.238. The molecule has 1 aromatic rings. The third kappa shape index (κ3) is 4.75. The van der Waals surface area contributed by atoms with Crippen LogP contribution in [0.2, 0.25) is 0 Å². The highest BCUT2D eigenvalue weighted by molar-refractivity contribution is 5.88. The highest BCUT2D eigenvalue weighted by atomic mass is 16.5. The summed E-state index contributed by atoms with van der Waals surface area (Å²) in [5, 5.41) is 9.19. The molecule has 2 N–H and O–H groups in total. The van der Waals surface area contributed by atoms with E-state index in [2.05, 4.69) is 34.5 Å². The molecule has 1 heterocycles. The van der Waals surface area contributed by atoms with Gasteiger partial charge in [0.15, 0.2) is 5.82 Å². The zero-order valence-electron chi connectivity index (χ0n) is 11.5. The Kier molecular flexibility index (Phi) is 5.64. The summed E-state index contributed by atoms with van der Waals surface area (Å²) in [4.78, 5) is 13.9. The van der Waals surface area contributed by atoms with E-state index in [0.717, 1.165) is 19.6 Å². The number of anilines is 1. The summed E-state index contributed by atoms with van der Waals surface area (Å²) in [6, 6.07) is 1.50. The maximum Gasteiger partial charge on any atom is 0.320 e. The summed E-state index contributed by atoms with van der Waals surface area (Å²) in [6.45, 7) is 10.8. The zero-order chi connectivity index (χ0) is 13.5. The lowest BCUT2D eigenvalue weighted by atomic mass is 10.3. The van der Waals surface area contributed by atoms with Crippen molar-refractivity contribution in [3.8, 4) is 0 Å². The molecule has 0 unspecified atom stereocenters. The molecule has 0 aliphatic heterocycles. The second-order valence-electron chi connectivity index (χ2n) is 4.31. The summed E-state index contributed by atoms with van der Waals surface area (Å²) in [5.41, 5.74) is 0. The molecule has 0 aromatic carbocycles. The summed E-state index contributed by atoms with van der Waals surface area (Å²) in [7, 11) is 0. The lowest BCUT2D eigenvalue weighted by Gasteiger charge is -2.23. The maximum atomic E-state index is 11.7. The molecule has 0 saturated heterocycles. The predicted octanol–water partition coefficient (Wildman–Crippen LogP) is 1.83. The fourth-order valence-corrected chi connectivity index (χ4v) is 1.72. The molecule has 6 heteroatoms. The van der Waals surface area contributed by atoms with Crippen molar-refractivity contribution in [3.63, 3.8) is 0 Å². The topological polar surface area (TPSA) is 70.4 Å². The van der Waals surface area contributed by atoms with Crippen molar-refractivity contribution in [1.82, 2.24) is 15.4 Å². The highest BCUT2D eigenvalue weighted by Crippen LogP contribution is 2.06. The number of nitrogens with one attached hydrogen (secondary N) is 2. The first kappa shape index (κ1) is 14.5. The van der Waals surface area contributed by atoms with Crippen molar-refractivity contribution in [1.29, 1.82) is 0 Å². The van der Waals surface area contributed by atoms with Crippen LogP contribution in [0, 0.1) is 6.92 Å². The monoisotopic (exact) mass is 254 g/mol. The molecule has 0 aliphatic carbocycles. The first-order chi connectivity index (χ1) is 8.55. The minimum absolute atomic E-state index is 0.0814. The number of carbonyl (C=O) groups excluding carboxylic acids is 1. The van der Waals surface area contributed by atoms with Gasteiger partial charge in [0, 0.05) is 18.7 Å². The molecule has 1 rings (SSSR count). The molecule has 102 valence electrons. The van der Waals surface area contributed by atoms with Crippen LogP contribution >= 0.6 is 0 Å². The second-order valence-corrected chi connectivity index (χ2v) is 4.31. The van der Waals surface area contributed by atoms with E-state index in [9.17, 15) is 4.79 Å². The lowest BCUT2D eigenvalue weighted by Crippen LogP contribution is -2.43. The van der Waals surface area contributed by atoms with Crippen molar-refractivity contribution in [3.05, 3.63) is 11.8 Å². The molecule has 0 fully saturated rings. The Bertz CT molecular complexity index is 374. The Morgan fingerprint density at radius 2 is 2.17 bits per heavy atom. The standard InChI is InChI=1S/C12H22N4O2/c1-5-16(6-2)8-9(3)13-12(17)14-11-7-10(4)18-15-11/h7,9H,5-6,8H2,1-4H3,(H2,13,14,15,17)/t9-/m0/s1. The van der Waals surface area contributed by atoms with E-state index in [0.29, 0.717) is 11.6 Å². The number of hydrogen-bond donors (Lipinski definition) is 2. The molecule has 18 heavy (non-hydrogen) atoms. The van der Waals surface area contributed by atoms with Gasteiger partial charge in [0.25, 0.3) is 0 Å². The third-order valence-electron chi connectivity index (χ3n) is 2.67. The molecular formula is C12H22N4O2. The van der Waals surface area contributed by atoms with E-state index in [-0.39, 0.29) is 12.1 Å². The average Bonchev–Trinajstić information content (AvgIpc) is 2.71. The van der Waals surface area contributed by atoms with Crippen LogP contribution < -0.4 is 10.6 Å². The van der Waals surface area contributed by atoms with Crippen molar-refractivity contribution >= 4 is 11.8 Å². The van der Waals surface area contributed by atoms with E-state index in [4.69, 9.17) is 4.52 Å². The van der Waals surface area contributed by atoms with E-state index in [1.165, 1.54) is 0 Å². The Morgan fingerprint density at radius 1 is 1.50 bits per heavy atom. The number of rotatable bonds is 6. The van der Waals surface area contributed by atoms with Gasteiger partial charge < -0.3 is 14.7 Å². The molecule has 0 saturated carbocycles. The average molecular weight is 254 g/mol. The Hall–Kier alpha value is -1.56. The molecule has 6 nitrogen and oxygen atoms in total. The number of likely N-dealkylation sites (N-methyl/N-ethyl adjacent to an activating group) is 1. The van der Waals surface area contributed by atoms with Gasteiger partial charge in [0.2, 0.25) is 0 Å². The summed E-state index contributed by atoms with van der Waals surface area (Å²) >= 11 is 0. The number of nitrogens with zero attached hydrogens (tertiary/aromatic N) is 2. The van der Waals surface area contributed by atoms with E-state index in [1.54, 1.807) is 13.0 Å². The van der Waals surface area contributed by atoms with E-state index >= 15 is 0 Å². The van der Waals surface area contributed by atoms with Crippen LogP contribution in [0.5, 0.6) is 0 Å². The normalized spacial score (nSPS) is 12.5. The number of hydrogen-bond acceptors (Lipinski definition) is 4. The minimum Gasteiger partial charge on any atom is -0.360 e. The number of amides is 2. The van der Waals surface area contributed by atoms with Gasteiger partial charge in [-0.05, 0) is 26.9 Å². The van der Waals surface area contributed by atoms with Crippen molar-refractivity contribution in [2.45, 2.75) is 33.7 Å². The van der Waals surface area contributed by atoms with E-state index < -0.39 is 0 Å². The van der Waals surface area contributed by atoms with Crippen LogP contribution in [0.1, 0.15) is 26.5 Å². The molecule has 1 aromatic heterocycles. The van der Waals surface area contributed by atoms with Gasteiger partial charge in [0.1, 0.15) is 5.76 Å². The maximum absolute atomic E-state index is 11.7. The van der Waals surface area contributed by atoms with E-state index in [1.807, 2.05) is 6.92 Å². The van der Waals surface area contributed by atoms with Crippen LogP contribution in [0.15, 0.2) is 10.6 Å². The van der Waals surface area contributed by atoms with Crippen molar-refractivity contribution < 1.29 is 9.32 Å². The Morgan fingerprint density at radius 3 is 2.67 bits per heavy atom. The van der Waals surface area contributed by atoms with Gasteiger partial charge >= 0.3 is 6.03 Å². The summed E-state index contributed by atoms with van der Waals surface area (Å²) in [6.07, 6.45) is 0. The highest BCUT2D eigenvalue weighted by Gasteiger charge is 2.11. The smallest absolute Gasteiger partial charge is 0.320 e. The van der Waals surface area contributed by atoms with Crippen molar-refractivity contribution in [2.75, 3.05) is 25.0 Å². The van der Waals surface area contributed by atoms with Crippen molar-refractivity contribution in [2.24, 2.45) is 0 Å². The number of aromatic nitrogens is 1. The Balaban J connectivity index is 2.35. The van der Waals surface area contributed by atoms with Crippen LogP contribution in [-0.2, 0) is 0 Å². The van der Waals surface area contributed by atoms with Crippen LogP contribution in [-0.4, -0.2) is 41.8 Å². The van der Waals surface area contributed by atoms with Crippen LogP contribution in [0.4, 0.5) is 10.6 Å². The third-order valence-corrected chi connectivity index (χ3v) is 2.67. The number of urea groups is 1. The van der Waals surface area contributed by atoms with Gasteiger partial charge in [-0.25, -0.2) is 4.79 Å². The molecule has 0 radical (unpaired) electrons. The molecule has 0 aliphatic rings. The Labute approximate surface area is 108 Å². The number of carbonyl (C=O) groups is 1. The van der Waals surface area contributed by atoms with Crippen LogP contribution in [0.25, 0.3) is 0 Å². The summed E-state index contributed by atoms with van der Waals surface area (Å²) < 4.78 is 4.87. The second kappa shape index (κ2) is 7.00. The summed E-state index contributed by atoms with van der Waals surface area (Å²) in [5.74, 6) is 1.10. The van der Waals surface area contributed by atoms with Gasteiger partial charge in [-0.15, -0.1) is 0 Å². The first-order valence-corrected chi connectivity index (χ1v) is 6.28. The molecule has 0 spiro atoms.